The van der Waals surface area contributed by atoms with Gasteiger partial charge in [-0.3, -0.25) is 0 Å². The maximum atomic E-state index is 6.35. The molecular formula is C88H44Cl4N8O2S6. The molecule has 0 fully saturated rings. The smallest absolute Gasteiger partial charge is 0.223 e. The second kappa shape index (κ2) is 26.5. The number of fused-ring (bicyclic) bond motifs is 24. The molecule has 108 heavy (non-hydrogen) atoms. The highest BCUT2D eigenvalue weighted by atomic mass is 35.5. The zero-order valence-corrected chi connectivity index (χ0v) is 63.7. The van der Waals surface area contributed by atoms with E-state index in [9.17, 15) is 0 Å². The van der Waals surface area contributed by atoms with E-state index < -0.39 is 0 Å². The van der Waals surface area contributed by atoms with Crippen molar-refractivity contribution in [3.05, 3.63) is 288 Å². The fourth-order valence-electron chi connectivity index (χ4n) is 14.6. The van der Waals surface area contributed by atoms with Gasteiger partial charge in [0.05, 0.1) is 63.6 Å². The average molecular weight is 1580 g/mol. The topological polar surface area (TPSA) is 129 Å². The van der Waals surface area contributed by atoms with Gasteiger partial charge in [0.25, 0.3) is 0 Å². The van der Waals surface area contributed by atoms with Crippen LogP contribution < -0.4 is 0 Å². The molecule has 12 aromatic carbocycles. The molecule has 0 aliphatic rings. The van der Waals surface area contributed by atoms with Crippen LogP contribution >= 0.6 is 114 Å². The molecule has 0 amide bonds. The highest BCUT2D eigenvalue weighted by Crippen LogP contribution is 2.48. The summed E-state index contributed by atoms with van der Waals surface area (Å²) in [5, 5.41) is 15.0. The molecule has 0 atom stereocenters. The molecule has 24 aromatic rings. The van der Waals surface area contributed by atoms with Crippen LogP contribution in [-0.4, -0.2) is 39.9 Å². The third-order valence-electron chi connectivity index (χ3n) is 19.4. The molecule has 0 unspecified atom stereocenters. The van der Waals surface area contributed by atoms with Crippen molar-refractivity contribution in [2.45, 2.75) is 0 Å². The first kappa shape index (κ1) is 65.3. The largest absolute Gasteiger partial charge is 0.456 e. The van der Waals surface area contributed by atoms with Gasteiger partial charge < -0.3 is 8.83 Å². The maximum Gasteiger partial charge on any atom is 0.223 e. The van der Waals surface area contributed by atoms with E-state index in [-0.39, 0.29) is 15.9 Å². The Morgan fingerprint density at radius 2 is 0.537 bits per heavy atom. The van der Waals surface area contributed by atoms with Crippen LogP contribution in [-0.2, 0) is 0 Å². The number of hydrogen-bond acceptors (Lipinski definition) is 16. The fourth-order valence-corrected chi connectivity index (χ4v) is 22.2. The van der Waals surface area contributed by atoms with E-state index in [2.05, 4.69) is 210 Å². The third kappa shape index (κ3) is 11.1. The van der Waals surface area contributed by atoms with Gasteiger partial charge >= 0.3 is 0 Å². The normalized spacial score (nSPS) is 11.9. The first-order valence-electron chi connectivity index (χ1n) is 34.2. The van der Waals surface area contributed by atoms with Gasteiger partial charge in [-0.15, -0.1) is 68.0 Å². The molecule has 0 aliphatic carbocycles. The summed E-state index contributed by atoms with van der Waals surface area (Å²) in [7, 11) is 0. The Bertz CT molecular complexity index is 7350. The lowest BCUT2D eigenvalue weighted by Gasteiger charge is -2.05. The van der Waals surface area contributed by atoms with Crippen molar-refractivity contribution in [2.24, 2.45) is 0 Å². The van der Waals surface area contributed by atoms with Crippen LogP contribution in [0.25, 0.3) is 210 Å². The van der Waals surface area contributed by atoms with Gasteiger partial charge in [0, 0.05) is 124 Å². The fraction of sp³-hybridized carbons (Fsp3) is 0. The van der Waals surface area contributed by atoms with E-state index in [0.29, 0.717) is 5.28 Å². The van der Waals surface area contributed by atoms with Gasteiger partial charge in [0.2, 0.25) is 21.1 Å². The van der Waals surface area contributed by atoms with Crippen molar-refractivity contribution in [1.29, 1.82) is 0 Å². The Morgan fingerprint density at radius 1 is 0.213 bits per heavy atom. The summed E-state index contributed by atoms with van der Waals surface area (Å²) < 4.78 is 26.3. The van der Waals surface area contributed by atoms with Crippen LogP contribution in [0.5, 0.6) is 0 Å². The highest BCUT2D eigenvalue weighted by molar-refractivity contribution is 7.28. The van der Waals surface area contributed by atoms with Crippen LogP contribution in [0.4, 0.5) is 0 Å². The standard InChI is InChI=1S/2C22H11ClN2OS.2C22H11ClN2S2/c23-22-24-18-14-7-2-4-11-17(14)27-21(18)19(25-22)15-9-5-8-13-12-6-1-3-10-16(12)26-20(13)15;23-22-24-19(21-20(25-22)14-6-2-4-8-18(14)27-21)12-9-10-17-15(11-12)13-5-1-3-7-16(13)26-17;23-22-24-18-14-7-2-4-11-17(14)27-21(18)19(25-22)15-9-5-8-13-12-6-1-3-10-16(12)26-20(13)15;23-22-24-19(21-20(25-22)14-6-2-4-8-17(14)27-21)12-9-10-18-15(11-12)13-5-1-3-7-16(13)26-18/h4*1-11H. The molecule has 0 saturated heterocycles. The van der Waals surface area contributed by atoms with E-state index >= 15 is 0 Å². The molecule has 12 aromatic heterocycles. The van der Waals surface area contributed by atoms with Gasteiger partial charge in [-0.25, -0.2) is 39.9 Å². The number of aromatic nitrogens is 8. The Labute approximate surface area is 655 Å². The minimum Gasteiger partial charge on any atom is -0.456 e. The monoisotopic (exact) mass is 1580 g/mol. The van der Waals surface area contributed by atoms with E-state index in [1.165, 1.54) is 59.1 Å². The molecule has 0 radical (unpaired) electrons. The minimum absolute atomic E-state index is 0.245. The van der Waals surface area contributed by atoms with Crippen molar-refractivity contribution in [3.8, 4) is 45.0 Å². The van der Waals surface area contributed by atoms with Crippen LogP contribution in [0.2, 0.25) is 21.1 Å². The molecule has 10 nitrogen and oxygen atoms in total. The Kier molecular flexibility index (Phi) is 16.0. The number of furan rings is 2. The SMILES string of the molecule is Clc1nc(-c2ccc3oc4ccccc4c3c2)c2sc3ccccc3c2n1.Clc1nc(-c2ccc3sc4ccccc4c3c2)c2sc3ccccc3c2n1.Clc1nc(-c2cccc3c2oc2ccccc23)c2sc3ccccc3c2n1.Clc1nc(-c2cccc3c2sc2ccccc23)c2sc3ccccc3c2n1. The first-order valence-corrected chi connectivity index (χ1v) is 40.6. The van der Waals surface area contributed by atoms with Gasteiger partial charge in [0.15, 0.2) is 0 Å². The quantitative estimate of drug-likeness (QED) is 0.157. The van der Waals surface area contributed by atoms with E-state index in [0.717, 1.165) is 151 Å². The van der Waals surface area contributed by atoms with Crippen molar-refractivity contribution >= 4 is 280 Å². The zero-order valence-electron chi connectivity index (χ0n) is 55.8. The maximum absolute atomic E-state index is 6.35. The predicted molar refractivity (Wildman–Crippen MR) is 462 cm³/mol. The van der Waals surface area contributed by atoms with Crippen LogP contribution in [0, 0.1) is 0 Å². The highest BCUT2D eigenvalue weighted by Gasteiger charge is 2.24. The number of para-hydroxylation sites is 3. The Balaban J connectivity index is 0.0000000919. The Morgan fingerprint density at radius 3 is 1.05 bits per heavy atom. The minimum atomic E-state index is 0.245. The number of rotatable bonds is 4. The van der Waals surface area contributed by atoms with Crippen molar-refractivity contribution < 1.29 is 8.83 Å². The number of thiophene rings is 6. The van der Waals surface area contributed by atoms with Gasteiger partial charge in [-0.2, -0.15) is 0 Å². The third-order valence-corrected chi connectivity index (χ3v) is 27.1. The van der Waals surface area contributed by atoms with Crippen molar-refractivity contribution in [2.75, 3.05) is 0 Å². The molecule has 0 N–H and O–H groups in total. The molecule has 0 aliphatic heterocycles. The summed E-state index contributed by atoms with van der Waals surface area (Å²) in [6.07, 6.45) is 0. The molecule has 512 valence electrons. The van der Waals surface area contributed by atoms with Crippen LogP contribution in [0.1, 0.15) is 0 Å². The van der Waals surface area contributed by atoms with Gasteiger partial charge in [0.1, 0.15) is 22.3 Å². The van der Waals surface area contributed by atoms with Gasteiger partial charge in [-0.1, -0.05) is 182 Å². The van der Waals surface area contributed by atoms with Crippen LogP contribution in [0.15, 0.2) is 276 Å². The summed E-state index contributed by atoms with van der Waals surface area (Å²) in [5.41, 5.74) is 14.7. The summed E-state index contributed by atoms with van der Waals surface area (Å²) in [6, 6.07) is 91.6. The number of halogens is 4. The Hall–Kier alpha value is -11.0. The summed E-state index contributed by atoms with van der Waals surface area (Å²) in [5.74, 6) is 0. The molecule has 0 bridgehead atoms. The zero-order chi connectivity index (χ0) is 71.8. The second-order valence-corrected chi connectivity index (χ2v) is 33.3. The summed E-state index contributed by atoms with van der Waals surface area (Å²) >= 11 is 35.7. The summed E-state index contributed by atoms with van der Waals surface area (Å²) in [4.78, 5) is 36.5. The molecule has 0 spiro atoms. The van der Waals surface area contributed by atoms with E-state index in [4.69, 9.17) is 55.2 Å². The predicted octanol–water partition coefficient (Wildman–Crippen LogP) is 29.2. The number of benzene rings is 12. The molecular weight excluding hydrogens is 1540 g/mol. The lowest BCUT2D eigenvalue weighted by molar-refractivity contribution is 0.669. The molecule has 24 rings (SSSR count). The lowest BCUT2D eigenvalue weighted by Crippen LogP contribution is -1.89. The van der Waals surface area contributed by atoms with Crippen LogP contribution in [0.3, 0.4) is 0 Å². The lowest BCUT2D eigenvalue weighted by atomic mass is 10.1. The molecule has 0 saturated carbocycles. The van der Waals surface area contributed by atoms with Crippen molar-refractivity contribution in [3.63, 3.8) is 0 Å². The first-order chi connectivity index (χ1) is 53.1. The van der Waals surface area contributed by atoms with E-state index in [1.54, 1.807) is 56.7 Å². The van der Waals surface area contributed by atoms with Gasteiger partial charge in [-0.05, 0) is 131 Å². The average Bonchev–Trinajstić information content (AvgIpc) is 1.59. The second-order valence-electron chi connectivity index (χ2n) is 25.6. The van der Waals surface area contributed by atoms with Crippen molar-refractivity contribution in [1.82, 2.24) is 39.9 Å². The van der Waals surface area contributed by atoms with E-state index in [1.807, 2.05) is 108 Å². The summed E-state index contributed by atoms with van der Waals surface area (Å²) in [6.45, 7) is 0. The number of hydrogen-bond donors (Lipinski definition) is 0. The molecule has 20 heteroatoms. The number of nitrogens with zero attached hydrogens (tertiary/aromatic N) is 8. The molecule has 12 heterocycles.